The summed E-state index contributed by atoms with van der Waals surface area (Å²) in [4.78, 5) is 11.5. The van der Waals surface area contributed by atoms with E-state index >= 15 is 0 Å². The smallest absolute Gasteiger partial charge is 0.336 e. The lowest BCUT2D eigenvalue weighted by molar-refractivity contribution is -0.156. The van der Waals surface area contributed by atoms with Gasteiger partial charge in [-0.1, -0.05) is 6.58 Å². The zero-order valence-corrected chi connectivity index (χ0v) is 18.3. The van der Waals surface area contributed by atoms with Gasteiger partial charge in [0, 0.05) is 17.0 Å². The molecule has 0 aliphatic rings. The van der Waals surface area contributed by atoms with Crippen molar-refractivity contribution in [1.82, 2.24) is 0 Å². The Morgan fingerprint density at radius 2 is 1.40 bits per heavy atom. The molecule has 0 aliphatic heterocycles. The molecule has 1 unspecified atom stereocenters. The van der Waals surface area contributed by atoms with Crippen molar-refractivity contribution >= 4 is 85.6 Å². The highest BCUT2D eigenvalue weighted by atomic mass is 79.9. The molecule has 0 spiro atoms. The minimum absolute atomic E-state index is 0.316. The van der Waals surface area contributed by atoms with E-state index in [0.717, 1.165) is 13.4 Å². The fourth-order valence-electron chi connectivity index (χ4n) is 1.13. The van der Waals surface area contributed by atoms with E-state index in [1.807, 2.05) is 0 Å². The number of rotatable bonds is 4. The molecule has 0 fully saturated rings. The van der Waals surface area contributed by atoms with Crippen molar-refractivity contribution in [2.75, 3.05) is 0 Å². The molecule has 110 valence electrons. The monoisotopic (exact) mass is 596 g/mol. The Balaban J connectivity index is 3.04. The van der Waals surface area contributed by atoms with Crippen LogP contribution in [0.15, 0.2) is 34.5 Å². The van der Waals surface area contributed by atoms with Gasteiger partial charge in [-0.2, -0.15) is 0 Å². The topological polar surface area (TPSA) is 35.5 Å². The molecular formula is C12H9Br5O3. The van der Waals surface area contributed by atoms with E-state index in [2.05, 4.69) is 86.2 Å². The molecule has 0 saturated heterocycles. The minimum atomic E-state index is -0.758. The second-order valence-electron chi connectivity index (χ2n) is 3.77. The zero-order valence-electron chi connectivity index (χ0n) is 10.4. The molecule has 3 nitrogen and oxygen atoms in total. The Bertz CT molecular complexity index is 542. The van der Waals surface area contributed by atoms with E-state index in [9.17, 15) is 4.79 Å². The molecule has 0 aromatic heterocycles. The van der Waals surface area contributed by atoms with Crippen LogP contribution in [0.5, 0.6) is 5.75 Å². The maximum absolute atomic E-state index is 11.5. The summed E-state index contributed by atoms with van der Waals surface area (Å²) in [6, 6.07) is 0. The molecule has 0 bridgehead atoms. The number of carbonyl (C=O) groups excluding carboxylic acids is 1. The third-order valence-electron chi connectivity index (χ3n) is 2.07. The van der Waals surface area contributed by atoms with Crippen LogP contribution < -0.4 is 4.74 Å². The number of ether oxygens (including phenoxy) is 2. The number of esters is 1. The molecule has 20 heavy (non-hydrogen) atoms. The van der Waals surface area contributed by atoms with Gasteiger partial charge in [0.25, 0.3) is 0 Å². The van der Waals surface area contributed by atoms with E-state index in [4.69, 9.17) is 9.47 Å². The molecule has 0 saturated carbocycles. The zero-order chi connectivity index (χ0) is 15.6. The number of hydrogen-bond acceptors (Lipinski definition) is 3. The van der Waals surface area contributed by atoms with Gasteiger partial charge >= 0.3 is 5.97 Å². The predicted molar refractivity (Wildman–Crippen MR) is 95.9 cm³/mol. The molecule has 0 aliphatic carbocycles. The minimum Gasteiger partial charge on any atom is -0.453 e. The quantitative estimate of drug-likeness (QED) is 0.133. The van der Waals surface area contributed by atoms with E-state index in [1.165, 1.54) is 0 Å². The SMILES string of the molecule is C=C(C)C(=O)OC(C)Oc1c(Br)c(Br)c(Br)c(Br)c1Br. The second kappa shape index (κ2) is 7.76. The van der Waals surface area contributed by atoms with Crippen LogP contribution in [0.25, 0.3) is 0 Å². The largest absolute Gasteiger partial charge is 0.453 e. The van der Waals surface area contributed by atoms with E-state index in [0.29, 0.717) is 20.3 Å². The first kappa shape index (κ1) is 18.7. The first-order valence-electron chi connectivity index (χ1n) is 5.21. The molecular weight excluding hydrogens is 592 g/mol. The van der Waals surface area contributed by atoms with E-state index in [1.54, 1.807) is 13.8 Å². The Labute approximate surface area is 159 Å². The number of hydrogen-bond donors (Lipinski definition) is 0. The Kier molecular flexibility index (Phi) is 7.25. The van der Waals surface area contributed by atoms with Gasteiger partial charge in [0.2, 0.25) is 6.29 Å². The highest BCUT2D eigenvalue weighted by Crippen LogP contribution is 2.48. The third kappa shape index (κ3) is 4.32. The highest BCUT2D eigenvalue weighted by Gasteiger charge is 2.21. The van der Waals surface area contributed by atoms with Gasteiger partial charge in [-0.3, -0.25) is 0 Å². The first-order valence-corrected chi connectivity index (χ1v) is 9.17. The van der Waals surface area contributed by atoms with Crippen LogP contribution in [0.1, 0.15) is 13.8 Å². The molecule has 8 heteroatoms. The van der Waals surface area contributed by atoms with Crippen molar-refractivity contribution in [3.05, 3.63) is 34.5 Å². The Morgan fingerprint density at radius 3 is 1.80 bits per heavy atom. The van der Waals surface area contributed by atoms with Gasteiger partial charge in [0.15, 0.2) is 5.75 Å². The average molecular weight is 601 g/mol. The summed E-state index contributed by atoms with van der Waals surface area (Å²) < 4.78 is 14.5. The Hall–Kier alpha value is 0.630. The molecule has 0 heterocycles. The number of carbonyl (C=O) groups is 1. The first-order chi connectivity index (χ1) is 9.16. The lowest BCUT2D eigenvalue weighted by Crippen LogP contribution is -2.21. The summed E-state index contributed by atoms with van der Waals surface area (Å²) in [5.41, 5.74) is 0.316. The fraction of sp³-hybridized carbons (Fsp3) is 0.250. The van der Waals surface area contributed by atoms with Gasteiger partial charge in [0.1, 0.15) is 0 Å². The summed E-state index contributed by atoms with van der Waals surface area (Å²) >= 11 is 17.2. The highest BCUT2D eigenvalue weighted by molar-refractivity contribution is 9.15. The standard InChI is InChI=1S/C12H9Br5O3/c1-4(2)12(18)20-5(3)19-11-9(16)7(14)6(13)8(15)10(11)17/h5H,1H2,2-3H3. The van der Waals surface area contributed by atoms with Gasteiger partial charge in [-0.15, -0.1) is 0 Å². The van der Waals surface area contributed by atoms with Crippen molar-refractivity contribution in [3.8, 4) is 5.75 Å². The number of benzene rings is 1. The van der Waals surface area contributed by atoms with Gasteiger partial charge in [0.05, 0.1) is 17.9 Å². The molecule has 1 rings (SSSR count). The maximum atomic E-state index is 11.5. The molecule has 1 aromatic rings. The molecule has 0 N–H and O–H groups in total. The van der Waals surface area contributed by atoms with Gasteiger partial charge in [-0.25, -0.2) is 4.79 Å². The van der Waals surface area contributed by atoms with E-state index < -0.39 is 12.3 Å². The molecule has 0 radical (unpaired) electrons. The van der Waals surface area contributed by atoms with Crippen molar-refractivity contribution in [3.63, 3.8) is 0 Å². The maximum Gasteiger partial charge on any atom is 0.336 e. The van der Waals surface area contributed by atoms with E-state index in [-0.39, 0.29) is 0 Å². The van der Waals surface area contributed by atoms with Crippen LogP contribution in [-0.2, 0) is 9.53 Å². The summed E-state index contributed by atoms with van der Waals surface area (Å²) in [7, 11) is 0. The van der Waals surface area contributed by atoms with Crippen LogP contribution in [0.3, 0.4) is 0 Å². The van der Waals surface area contributed by atoms with Crippen molar-refractivity contribution in [1.29, 1.82) is 0 Å². The van der Waals surface area contributed by atoms with Crippen molar-refractivity contribution in [2.24, 2.45) is 0 Å². The lowest BCUT2D eigenvalue weighted by atomic mass is 10.3. The van der Waals surface area contributed by atoms with Crippen molar-refractivity contribution in [2.45, 2.75) is 20.1 Å². The molecule has 1 atom stereocenters. The summed E-state index contributed by atoms with van der Waals surface area (Å²) in [6.07, 6.45) is -0.758. The average Bonchev–Trinajstić information content (AvgIpc) is 2.39. The lowest BCUT2D eigenvalue weighted by Gasteiger charge is -2.19. The van der Waals surface area contributed by atoms with Crippen LogP contribution in [0.4, 0.5) is 0 Å². The normalized spacial score (nSPS) is 11.9. The Morgan fingerprint density at radius 1 is 1.00 bits per heavy atom. The second-order valence-corrected chi connectivity index (χ2v) is 7.74. The predicted octanol–water partition coefficient (Wildman–Crippen LogP) is 6.34. The van der Waals surface area contributed by atoms with Crippen molar-refractivity contribution < 1.29 is 14.3 Å². The van der Waals surface area contributed by atoms with Gasteiger partial charge in [-0.05, 0) is 86.6 Å². The third-order valence-corrected chi connectivity index (χ3v) is 8.10. The number of halogens is 5. The fourth-order valence-corrected chi connectivity index (χ4v) is 4.33. The summed E-state index contributed by atoms with van der Waals surface area (Å²) in [6.45, 7) is 6.73. The molecule has 1 aromatic carbocycles. The summed E-state index contributed by atoms with van der Waals surface area (Å²) in [5.74, 6) is 0.00829. The molecule has 0 amide bonds. The van der Waals surface area contributed by atoms with Crippen LogP contribution in [0.2, 0.25) is 0 Å². The van der Waals surface area contributed by atoms with Crippen LogP contribution in [-0.4, -0.2) is 12.3 Å². The van der Waals surface area contributed by atoms with Gasteiger partial charge < -0.3 is 9.47 Å². The van der Waals surface area contributed by atoms with Crippen LogP contribution in [0, 0.1) is 0 Å². The van der Waals surface area contributed by atoms with Crippen LogP contribution >= 0.6 is 79.6 Å². The summed E-state index contributed by atoms with van der Waals surface area (Å²) in [5, 5.41) is 0.